The first kappa shape index (κ1) is 4.52. The van der Waals surface area contributed by atoms with Crippen molar-refractivity contribution in [2.45, 2.75) is 18.5 Å². The Kier molecular flexibility index (Phi) is 0.876. The highest BCUT2D eigenvalue weighted by Crippen LogP contribution is 2.40. The van der Waals surface area contributed by atoms with Crippen LogP contribution in [0.1, 0.15) is 12.8 Å². The summed E-state index contributed by atoms with van der Waals surface area (Å²) in [6, 6.07) is 0. The fourth-order valence-corrected chi connectivity index (χ4v) is 0.748. The molecule has 0 aromatic heterocycles. The van der Waals surface area contributed by atoms with E-state index in [9.17, 15) is 4.39 Å². The van der Waals surface area contributed by atoms with Crippen molar-refractivity contribution in [2.75, 3.05) is 6.16 Å². The molecule has 1 unspecified atom stereocenters. The Hall–Kier alpha value is 0.360. The Morgan fingerprint density at radius 3 is 2.17 bits per heavy atom. The monoisotopic (exact) mass is 106 g/mol. The summed E-state index contributed by atoms with van der Waals surface area (Å²) < 4.78 is 12.2. The minimum absolute atomic E-state index is 0.632. The molecule has 1 rings (SSSR count). The van der Waals surface area contributed by atoms with Crippen LogP contribution >= 0.6 is 9.24 Å². The number of alkyl halides is 1. The van der Waals surface area contributed by atoms with Crippen LogP contribution in [-0.4, -0.2) is 11.8 Å². The average Bonchev–Trinajstić information content (AvgIpc) is 2.22. The molecule has 0 radical (unpaired) electrons. The van der Waals surface area contributed by atoms with Gasteiger partial charge in [0.15, 0.2) is 0 Å². The summed E-state index contributed by atoms with van der Waals surface area (Å²) >= 11 is 0. The maximum absolute atomic E-state index is 12.2. The third-order valence-corrected chi connectivity index (χ3v) is 1.89. The molecule has 1 atom stereocenters. The molecule has 0 saturated heterocycles. The van der Waals surface area contributed by atoms with Crippen LogP contribution in [-0.2, 0) is 0 Å². The van der Waals surface area contributed by atoms with Crippen LogP contribution < -0.4 is 0 Å². The van der Waals surface area contributed by atoms with Gasteiger partial charge in [-0.25, -0.2) is 4.39 Å². The van der Waals surface area contributed by atoms with Crippen molar-refractivity contribution in [3.8, 4) is 0 Å². The van der Waals surface area contributed by atoms with Crippen LogP contribution in [0.4, 0.5) is 4.39 Å². The predicted molar refractivity (Wildman–Crippen MR) is 27.6 cm³/mol. The molecule has 1 aliphatic carbocycles. The van der Waals surface area contributed by atoms with Gasteiger partial charge >= 0.3 is 0 Å². The highest BCUT2D eigenvalue weighted by Gasteiger charge is 2.40. The minimum Gasteiger partial charge on any atom is -0.244 e. The Morgan fingerprint density at radius 2 is 2.17 bits per heavy atom. The second-order valence-electron chi connectivity index (χ2n) is 1.86. The Balaban J connectivity index is 2.28. The van der Waals surface area contributed by atoms with Crippen molar-refractivity contribution in [1.29, 1.82) is 0 Å². The van der Waals surface area contributed by atoms with Crippen LogP contribution in [0.2, 0.25) is 0 Å². The fourth-order valence-electron chi connectivity index (χ4n) is 0.340. The molecule has 1 aliphatic rings. The third-order valence-electron chi connectivity index (χ3n) is 1.16. The largest absolute Gasteiger partial charge is 0.244 e. The lowest BCUT2D eigenvalue weighted by atomic mass is 10.5. The van der Waals surface area contributed by atoms with E-state index < -0.39 is 5.67 Å². The van der Waals surface area contributed by atoms with E-state index in [4.69, 9.17) is 0 Å². The van der Waals surface area contributed by atoms with E-state index in [1.54, 1.807) is 0 Å². The molecule has 0 spiro atoms. The van der Waals surface area contributed by atoms with Gasteiger partial charge in [0.05, 0.1) is 0 Å². The smallest absolute Gasteiger partial charge is 0.114 e. The lowest BCUT2D eigenvalue weighted by molar-refractivity contribution is 0.346. The maximum atomic E-state index is 12.2. The van der Waals surface area contributed by atoms with E-state index in [0.717, 1.165) is 12.8 Å². The lowest BCUT2D eigenvalue weighted by Gasteiger charge is -1.91. The molecule has 1 fully saturated rings. The van der Waals surface area contributed by atoms with Crippen LogP contribution in [0.5, 0.6) is 0 Å². The van der Waals surface area contributed by atoms with Crippen molar-refractivity contribution in [3.63, 3.8) is 0 Å². The third kappa shape index (κ3) is 0.704. The molecule has 0 N–H and O–H groups in total. The molecule has 1 saturated carbocycles. The molecule has 0 amide bonds. The molecule has 0 bridgehead atoms. The number of rotatable bonds is 1. The maximum Gasteiger partial charge on any atom is 0.114 e. The van der Waals surface area contributed by atoms with E-state index in [-0.39, 0.29) is 0 Å². The zero-order valence-electron chi connectivity index (χ0n) is 3.58. The van der Waals surface area contributed by atoms with Gasteiger partial charge in [-0.05, 0) is 19.0 Å². The molecule has 2 heteroatoms. The topological polar surface area (TPSA) is 0 Å². The van der Waals surface area contributed by atoms with Gasteiger partial charge < -0.3 is 0 Å². The van der Waals surface area contributed by atoms with Gasteiger partial charge in [-0.1, -0.05) is 0 Å². The SMILES string of the molecule is FC1(CP)CC1. The summed E-state index contributed by atoms with van der Waals surface area (Å²) in [5.74, 6) is 0. The van der Waals surface area contributed by atoms with Gasteiger partial charge in [-0.15, -0.1) is 9.24 Å². The quantitative estimate of drug-likeness (QED) is 0.443. The molecule has 0 aromatic rings. The summed E-state index contributed by atoms with van der Waals surface area (Å²) in [6.07, 6.45) is 2.21. The van der Waals surface area contributed by atoms with Crippen molar-refractivity contribution in [1.82, 2.24) is 0 Å². The van der Waals surface area contributed by atoms with E-state index in [1.807, 2.05) is 0 Å². The Labute approximate surface area is 39.3 Å². The van der Waals surface area contributed by atoms with Crippen molar-refractivity contribution < 1.29 is 4.39 Å². The molecule has 0 aliphatic heterocycles. The summed E-state index contributed by atoms with van der Waals surface area (Å²) in [5, 5.41) is 0. The standard InChI is InChI=1S/C4H8FP/c5-4(3-6)1-2-4/h1-3,6H2. The molecule has 0 aromatic carbocycles. The van der Waals surface area contributed by atoms with Gasteiger partial charge in [-0.3, -0.25) is 0 Å². The van der Waals surface area contributed by atoms with Gasteiger partial charge in [0.1, 0.15) is 5.67 Å². The van der Waals surface area contributed by atoms with Crippen LogP contribution in [0.3, 0.4) is 0 Å². The zero-order chi connectivity index (χ0) is 4.62. The summed E-state index contributed by atoms with van der Waals surface area (Å²) in [7, 11) is 2.41. The van der Waals surface area contributed by atoms with E-state index in [1.165, 1.54) is 0 Å². The van der Waals surface area contributed by atoms with Crippen LogP contribution in [0.25, 0.3) is 0 Å². The number of hydrogen-bond acceptors (Lipinski definition) is 0. The summed E-state index contributed by atoms with van der Waals surface area (Å²) in [6.45, 7) is 0. The Bertz CT molecular complexity index is 58.6. The molecular formula is C4H8FP. The number of hydrogen-bond donors (Lipinski definition) is 0. The second-order valence-corrected chi connectivity index (χ2v) is 2.26. The molecular weight excluding hydrogens is 98.0 g/mol. The first-order valence-corrected chi connectivity index (χ1v) is 2.97. The fraction of sp³-hybridized carbons (Fsp3) is 1.00. The van der Waals surface area contributed by atoms with E-state index >= 15 is 0 Å². The first-order chi connectivity index (χ1) is 2.77. The van der Waals surface area contributed by atoms with Gasteiger partial charge in [0.25, 0.3) is 0 Å². The first-order valence-electron chi connectivity index (χ1n) is 2.16. The highest BCUT2D eigenvalue weighted by molar-refractivity contribution is 7.16. The zero-order valence-corrected chi connectivity index (χ0v) is 4.73. The summed E-state index contributed by atoms with van der Waals surface area (Å²) in [4.78, 5) is 0. The van der Waals surface area contributed by atoms with Crippen LogP contribution in [0, 0.1) is 0 Å². The normalized spacial score (nSPS) is 27.0. The Morgan fingerprint density at radius 1 is 1.67 bits per heavy atom. The van der Waals surface area contributed by atoms with Crippen molar-refractivity contribution >= 4 is 9.24 Å². The highest BCUT2D eigenvalue weighted by atomic mass is 31.0. The predicted octanol–water partition coefficient (Wildman–Crippen LogP) is 1.36. The lowest BCUT2D eigenvalue weighted by Crippen LogP contribution is -1.97. The van der Waals surface area contributed by atoms with Crippen molar-refractivity contribution in [3.05, 3.63) is 0 Å². The van der Waals surface area contributed by atoms with Crippen LogP contribution in [0.15, 0.2) is 0 Å². The van der Waals surface area contributed by atoms with Gasteiger partial charge in [-0.2, -0.15) is 0 Å². The minimum atomic E-state index is -0.745. The van der Waals surface area contributed by atoms with E-state index in [0.29, 0.717) is 6.16 Å². The summed E-state index contributed by atoms with van der Waals surface area (Å²) in [5.41, 5.74) is -0.745. The molecule has 0 heterocycles. The molecule has 36 valence electrons. The molecule has 6 heavy (non-hydrogen) atoms. The average molecular weight is 106 g/mol. The molecule has 0 nitrogen and oxygen atoms in total. The number of halogens is 1. The van der Waals surface area contributed by atoms with Gasteiger partial charge in [0.2, 0.25) is 0 Å². The van der Waals surface area contributed by atoms with E-state index in [2.05, 4.69) is 9.24 Å². The van der Waals surface area contributed by atoms with Crippen molar-refractivity contribution in [2.24, 2.45) is 0 Å². The second kappa shape index (κ2) is 1.16. The van der Waals surface area contributed by atoms with Gasteiger partial charge in [0, 0.05) is 0 Å².